The Morgan fingerprint density at radius 1 is 1.19 bits per heavy atom. The Kier molecular flexibility index (Phi) is 3.27. The van der Waals surface area contributed by atoms with Crippen molar-refractivity contribution in [3.05, 3.63) is 47.9 Å². The third kappa shape index (κ3) is 2.25. The first-order chi connectivity index (χ1) is 7.81. The Morgan fingerprint density at radius 2 is 2.00 bits per heavy atom. The second-order valence-corrected chi connectivity index (χ2v) is 3.62. The van der Waals surface area contributed by atoms with Crippen LogP contribution in [0, 0.1) is 6.92 Å². The normalized spacial score (nSPS) is 10.4. The summed E-state index contributed by atoms with van der Waals surface area (Å²) in [6, 6.07) is 9.88. The monoisotopic (exact) mass is 214 g/mol. The first-order valence-electron chi connectivity index (χ1n) is 5.30. The Labute approximate surface area is 94.8 Å². The molecule has 3 nitrogen and oxygen atoms in total. The van der Waals surface area contributed by atoms with E-state index in [-0.39, 0.29) is 6.61 Å². The molecule has 0 aliphatic heterocycles. The van der Waals surface area contributed by atoms with Crippen LogP contribution in [0.2, 0.25) is 0 Å². The minimum Gasteiger partial charge on any atom is -0.396 e. The number of aryl methyl sites for hydroxylation is 1. The molecule has 3 heteroatoms. The van der Waals surface area contributed by atoms with Crippen LogP contribution in [0.25, 0.3) is 11.3 Å². The van der Waals surface area contributed by atoms with Gasteiger partial charge in [0.05, 0.1) is 5.69 Å². The Balaban J connectivity index is 2.46. The van der Waals surface area contributed by atoms with Crippen LogP contribution in [-0.4, -0.2) is 21.7 Å². The van der Waals surface area contributed by atoms with Gasteiger partial charge in [0.15, 0.2) is 0 Å². The predicted molar refractivity (Wildman–Crippen MR) is 63.0 cm³/mol. The van der Waals surface area contributed by atoms with E-state index in [1.54, 1.807) is 6.20 Å². The van der Waals surface area contributed by atoms with Crippen molar-refractivity contribution in [2.45, 2.75) is 13.3 Å². The molecule has 16 heavy (non-hydrogen) atoms. The molecule has 0 amide bonds. The molecule has 0 saturated heterocycles. The number of aliphatic hydroxyl groups is 1. The van der Waals surface area contributed by atoms with Crippen molar-refractivity contribution < 1.29 is 5.11 Å². The van der Waals surface area contributed by atoms with Crippen molar-refractivity contribution in [3.8, 4) is 11.3 Å². The van der Waals surface area contributed by atoms with E-state index in [1.165, 1.54) is 0 Å². The van der Waals surface area contributed by atoms with E-state index in [1.807, 2.05) is 37.3 Å². The second kappa shape index (κ2) is 4.86. The summed E-state index contributed by atoms with van der Waals surface area (Å²) in [7, 11) is 0. The van der Waals surface area contributed by atoms with Gasteiger partial charge in [-0.1, -0.05) is 24.3 Å². The van der Waals surface area contributed by atoms with E-state index >= 15 is 0 Å². The molecule has 0 unspecified atom stereocenters. The van der Waals surface area contributed by atoms with Crippen LogP contribution in [0.3, 0.4) is 0 Å². The Bertz CT molecular complexity index is 483. The summed E-state index contributed by atoms with van der Waals surface area (Å²) in [4.78, 5) is 8.47. The molecule has 0 fully saturated rings. The average Bonchev–Trinajstić information content (AvgIpc) is 2.30. The van der Waals surface area contributed by atoms with Crippen LogP contribution >= 0.6 is 0 Å². The fourth-order valence-corrected chi connectivity index (χ4v) is 1.71. The molecular weight excluding hydrogens is 200 g/mol. The van der Waals surface area contributed by atoms with Gasteiger partial charge in [-0.05, 0) is 25.0 Å². The maximum Gasteiger partial charge on any atom is 0.125 e. The standard InChI is InChI=1S/C13H14N2O/c1-10-14-8-6-13(15-10)12-5-3-2-4-11(12)7-9-16/h2-6,8,16H,7,9H2,1H3. The maximum atomic E-state index is 9.01. The summed E-state index contributed by atoms with van der Waals surface area (Å²) in [5.74, 6) is 0.760. The summed E-state index contributed by atoms with van der Waals surface area (Å²) in [5.41, 5.74) is 3.10. The van der Waals surface area contributed by atoms with Gasteiger partial charge in [0.2, 0.25) is 0 Å². The van der Waals surface area contributed by atoms with Gasteiger partial charge in [-0.15, -0.1) is 0 Å². The molecule has 1 heterocycles. The first kappa shape index (κ1) is 10.8. The molecule has 1 aromatic heterocycles. The van der Waals surface area contributed by atoms with Crippen molar-refractivity contribution in [2.75, 3.05) is 6.61 Å². The molecule has 0 saturated carbocycles. The maximum absolute atomic E-state index is 9.01. The van der Waals surface area contributed by atoms with Gasteiger partial charge in [-0.3, -0.25) is 0 Å². The zero-order valence-electron chi connectivity index (χ0n) is 9.22. The van der Waals surface area contributed by atoms with E-state index in [9.17, 15) is 0 Å². The highest BCUT2D eigenvalue weighted by molar-refractivity contribution is 5.63. The largest absolute Gasteiger partial charge is 0.396 e. The molecule has 2 rings (SSSR count). The molecule has 1 N–H and O–H groups in total. The highest BCUT2D eigenvalue weighted by Crippen LogP contribution is 2.21. The summed E-state index contributed by atoms with van der Waals surface area (Å²) in [6.07, 6.45) is 2.41. The van der Waals surface area contributed by atoms with Crippen LogP contribution in [0.4, 0.5) is 0 Å². The van der Waals surface area contributed by atoms with Crippen LogP contribution in [0.1, 0.15) is 11.4 Å². The van der Waals surface area contributed by atoms with Crippen LogP contribution in [0.5, 0.6) is 0 Å². The number of nitrogens with zero attached hydrogens (tertiary/aromatic N) is 2. The van der Waals surface area contributed by atoms with Crippen molar-refractivity contribution in [3.63, 3.8) is 0 Å². The van der Waals surface area contributed by atoms with Gasteiger partial charge in [-0.2, -0.15) is 0 Å². The van der Waals surface area contributed by atoms with Crippen molar-refractivity contribution in [2.24, 2.45) is 0 Å². The van der Waals surface area contributed by atoms with Crippen LogP contribution in [0.15, 0.2) is 36.5 Å². The Hall–Kier alpha value is -1.74. The lowest BCUT2D eigenvalue weighted by molar-refractivity contribution is 0.300. The summed E-state index contributed by atoms with van der Waals surface area (Å²) >= 11 is 0. The number of aliphatic hydroxyl groups excluding tert-OH is 1. The van der Waals surface area contributed by atoms with Crippen molar-refractivity contribution in [1.82, 2.24) is 9.97 Å². The number of benzene rings is 1. The summed E-state index contributed by atoms with van der Waals surface area (Å²) in [5, 5.41) is 9.01. The van der Waals surface area contributed by atoms with Gasteiger partial charge in [-0.25, -0.2) is 9.97 Å². The quantitative estimate of drug-likeness (QED) is 0.849. The molecular formula is C13H14N2O. The van der Waals surface area contributed by atoms with Crippen LogP contribution < -0.4 is 0 Å². The average molecular weight is 214 g/mol. The minimum atomic E-state index is 0.154. The predicted octanol–water partition coefficient (Wildman–Crippen LogP) is 1.99. The minimum absolute atomic E-state index is 0.154. The molecule has 0 aliphatic rings. The molecule has 1 aromatic carbocycles. The molecule has 82 valence electrons. The Morgan fingerprint density at radius 3 is 2.75 bits per heavy atom. The van der Waals surface area contributed by atoms with E-state index < -0.39 is 0 Å². The van der Waals surface area contributed by atoms with E-state index in [0.717, 1.165) is 22.6 Å². The topological polar surface area (TPSA) is 46.0 Å². The zero-order valence-corrected chi connectivity index (χ0v) is 9.22. The van der Waals surface area contributed by atoms with Gasteiger partial charge in [0, 0.05) is 18.4 Å². The molecule has 0 radical (unpaired) electrons. The third-order valence-corrected chi connectivity index (χ3v) is 2.45. The van der Waals surface area contributed by atoms with Gasteiger partial charge >= 0.3 is 0 Å². The fraction of sp³-hybridized carbons (Fsp3) is 0.231. The molecule has 0 atom stereocenters. The number of aromatic nitrogens is 2. The number of rotatable bonds is 3. The first-order valence-corrected chi connectivity index (χ1v) is 5.30. The molecule has 2 aromatic rings. The lowest BCUT2D eigenvalue weighted by Gasteiger charge is -2.07. The number of hydrogen-bond donors (Lipinski definition) is 1. The molecule has 0 aliphatic carbocycles. The van der Waals surface area contributed by atoms with Crippen molar-refractivity contribution >= 4 is 0 Å². The van der Waals surface area contributed by atoms with E-state index in [2.05, 4.69) is 9.97 Å². The summed E-state index contributed by atoms with van der Waals surface area (Å²) < 4.78 is 0. The highest BCUT2D eigenvalue weighted by Gasteiger charge is 2.05. The molecule has 0 spiro atoms. The van der Waals surface area contributed by atoms with Crippen molar-refractivity contribution in [1.29, 1.82) is 0 Å². The van der Waals surface area contributed by atoms with Crippen LogP contribution in [-0.2, 0) is 6.42 Å². The summed E-state index contributed by atoms with van der Waals surface area (Å²) in [6.45, 7) is 2.03. The van der Waals surface area contributed by atoms with Gasteiger partial charge < -0.3 is 5.11 Å². The SMILES string of the molecule is Cc1nccc(-c2ccccc2CCO)n1. The van der Waals surface area contributed by atoms with Gasteiger partial charge in [0.1, 0.15) is 5.82 Å². The zero-order chi connectivity index (χ0) is 11.4. The second-order valence-electron chi connectivity index (χ2n) is 3.62. The lowest BCUT2D eigenvalue weighted by atomic mass is 10.0. The fourth-order valence-electron chi connectivity index (χ4n) is 1.71. The highest BCUT2D eigenvalue weighted by atomic mass is 16.2. The van der Waals surface area contributed by atoms with E-state index in [4.69, 9.17) is 5.11 Å². The smallest absolute Gasteiger partial charge is 0.125 e. The molecule has 0 bridgehead atoms. The lowest BCUT2D eigenvalue weighted by Crippen LogP contribution is -1.96. The van der Waals surface area contributed by atoms with Gasteiger partial charge in [0.25, 0.3) is 0 Å². The third-order valence-electron chi connectivity index (χ3n) is 2.45. The van der Waals surface area contributed by atoms with E-state index in [0.29, 0.717) is 6.42 Å². The number of hydrogen-bond acceptors (Lipinski definition) is 3.